The smallest absolute Gasteiger partial charge is 0.407 e. The second-order valence-electron chi connectivity index (χ2n) is 8.16. The van der Waals surface area contributed by atoms with E-state index >= 15 is 0 Å². The number of nitrogens with zero attached hydrogens (tertiary/aromatic N) is 1. The summed E-state index contributed by atoms with van der Waals surface area (Å²) >= 11 is 0. The van der Waals surface area contributed by atoms with Crippen LogP contribution in [0.25, 0.3) is 21.9 Å². The molecule has 2 aromatic carbocycles. The van der Waals surface area contributed by atoms with Gasteiger partial charge in [-0.2, -0.15) is 13.2 Å². The molecule has 0 aliphatic heterocycles. The van der Waals surface area contributed by atoms with Crippen molar-refractivity contribution in [1.82, 2.24) is 5.32 Å². The zero-order valence-corrected chi connectivity index (χ0v) is 17.4. The van der Waals surface area contributed by atoms with E-state index in [0.29, 0.717) is 11.2 Å². The van der Waals surface area contributed by atoms with Crippen LogP contribution in [0, 0.1) is 5.92 Å². The molecule has 3 rings (SSSR count). The third-order valence-electron chi connectivity index (χ3n) is 5.07. The van der Waals surface area contributed by atoms with E-state index in [1.807, 2.05) is 45.0 Å². The van der Waals surface area contributed by atoms with Crippen molar-refractivity contribution in [2.45, 2.75) is 38.5 Å². The van der Waals surface area contributed by atoms with Crippen LogP contribution < -0.4 is 16.0 Å². The number of benzene rings is 2. The number of alkyl halides is 3. The molecule has 0 spiro atoms. The van der Waals surface area contributed by atoms with Gasteiger partial charge in [-0.3, -0.25) is 10.1 Å². The number of hydrogen-bond acceptors (Lipinski definition) is 4. The minimum absolute atomic E-state index is 0.00706. The van der Waals surface area contributed by atoms with Crippen molar-refractivity contribution in [3.05, 3.63) is 42.0 Å². The first-order chi connectivity index (χ1) is 14.0. The highest BCUT2D eigenvalue weighted by Crippen LogP contribution is 2.37. The number of anilines is 1. The first kappa shape index (κ1) is 22.0. The summed E-state index contributed by atoms with van der Waals surface area (Å²) in [7, 11) is 3.82. The first-order valence-electron chi connectivity index (χ1n) is 9.73. The fourth-order valence-electron chi connectivity index (χ4n) is 3.56. The maximum Gasteiger partial charge on any atom is 0.407 e. The molecule has 2 unspecified atom stereocenters. The summed E-state index contributed by atoms with van der Waals surface area (Å²) in [5, 5.41) is 3.97. The molecule has 5 nitrogen and oxygen atoms in total. The maximum atomic E-state index is 13.9. The molecule has 0 saturated carbocycles. The molecular formula is C22H26F3N3O2. The van der Waals surface area contributed by atoms with Crippen LogP contribution in [-0.4, -0.2) is 32.2 Å². The number of furan rings is 1. The molecule has 2 atom stereocenters. The predicted octanol–water partition coefficient (Wildman–Crippen LogP) is 4.75. The molecule has 0 saturated heterocycles. The summed E-state index contributed by atoms with van der Waals surface area (Å²) in [5.41, 5.74) is 7.22. The molecule has 3 N–H and O–H groups in total. The van der Waals surface area contributed by atoms with Crippen LogP contribution in [-0.2, 0) is 4.79 Å². The zero-order valence-electron chi connectivity index (χ0n) is 17.4. The number of hydrogen-bond donors (Lipinski definition) is 2. The van der Waals surface area contributed by atoms with Crippen LogP contribution in [0.4, 0.5) is 18.9 Å². The minimum Gasteiger partial charge on any atom is -0.456 e. The van der Waals surface area contributed by atoms with Crippen LogP contribution in [0.1, 0.15) is 31.9 Å². The highest BCUT2D eigenvalue weighted by Gasteiger charge is 2.42. The lowest BCUT2D eigenvalue weighted by Gasteiger charge is -2.27. The van der Waals surface area contributed by atoms with Gasteiger partial charge < -0.3 is 15.1 Å². The Balaban J connectivity index is 2.04. The van der Waals surface area contributed by atoms with Gasteiger partial charge in [-0.25, -0.2) is 0 Å². The van der Waals surface area contributed by atoms with Crippen molar-refractivity contribution < 1.29 is 22.4 Å². The van der Waals surface area contributed by atoms with Gasteiger partial charge in [-0.1, -0.05) is 26.0 Å². The van der Waals surface area contributed by atoms with E-state index < -0.39 is 24.2 Å². The Hall–Kier alpha value is -2.74. The van der Waals surface area contributed by atoms with Gasteiger partial charge in [0.05, 0.1) is 6.04 Å². The van der Waals surface area contributed by atoms with Crippen molar-refractivity contribution in [1.29, 1.82) is 0 Å². The molecule has 30 heavy (non-hydrogen) atoms. The molecule has 0 radical (unpaired) electrons. The van der Waals surface area contributed by atoms with Gasteiger partial charge in [0.15, 0.2) is 0 Å². The second-order valence-corrected chi connectivity index (χ2v) is 8.16. The number of nitrogens with two attached hydrogens (primary N) is 1. The molecule has 0 aliphatic carbocycles. The molecule has 0 bridgehead atoms. The van der Waals surface area contributed by atoms with Crippen LogP contribution in [0.15, 0.2) is 40.8 Å². The Morgan fingerprint density at radius 1 is 1.10 bits per heavy atom. The van der Waals surface area contributed by atoms with Gasteiger partial charge in [-0.15, -0.1) is 0 Å². The van der Waals surface area contributed by atoms with E-state index in [0.717, 1.165) is 16.5 Å². The standard InChI is InChI=1S/C22H26F3N3O2/c1-12(2)9-17(21(26)29)27-20(22(23,24)25)13-5-7-15-16-11-14(28(3)4)6-8-18(16)30-19(15)10-13/h5-8,10-12,17,20,27H,9H2,1-4H3,(H2,26,29). The molecule has 162 valence electrons. The third-order valence-corrected chi connectivity index (χ3v) is 5.07. The summed E-state index contributed by atoms with van der Waals surface area (Å²) in [4.78, 5) is 13.7. The molecule has 8 heteroatoms. The number of primary amides is 1. The number of nitrogens with one attached hydrogen (secondary N) is 1. The predicted molar refractivity (Wildman–Crippen MR) is 112 cm³/mol. The van der Waals surface area contributed by atoms with Gasteiger partial charge in [0.25, 0.3) is 0 Å². The van der Waals surface area contributed by atoms with Crippen LogP contribution in [0.3, 0.4) is 0 Å². The highest BCUT2D eigenvalue weighted by molar-refractivity contribution is 6.06. The summed E-state index contributed by atoms with van der Waals surface area (Å²) in [5.74, 6) is -0.799. The Bertz CT molecular complexity index is 1060. The summed E-state index contributed by atoms with van der Waals surface area (Å²) in [6.45, 7) is 3.64. The van der Waals surface area contributed by atoms with Crippen molar-refractivity contribution >= 4 is 33.5 Å². The number of halogens is 3. The molecule has 1 amide bonds. The highest BCUT2D eigenvalue weighted by atomic mass is 19.4. The maximum absolute atomic E-state index is 13.9. The summed E-state index contributed by atoms with van der Waals surface area (Å²) in [6.07, 6.45) is -4.40. The lowest BCUT2D eigenvalue weighted by atomic mass is 9.99. The Morgan fingerprint density at radius 3 is 2.37 bits per heavy atom. The molecule has 1 heterocycles. The number of carbonyl (C=O) groups is 1. The molecule has 3 aromatic rings. The van der Waals surface area contributed by atoms with E-state index in [-0.39, 0.29) is 17.9 Å². The van der Waals surface area contributed by atoms with Crippen molar-refractivity contribution in [3.63, 3.8) is 0 Å². The van der Waals surface area contributed by atoms with Gasteiger partial charge >= 0.3 is 6.18 Å². The SMILES string of the molecule is CC(C)CC(NC(c1ccc2c(c1)oc1ccc(N(C)C)cc12)C(F)(F)F)C(N)=O. The molecule has 0 aliphatic rings. The lowest BCUT2D eigenvalue weighted by molar-refractivity contribution is -0.160. The van der Waals surface area contributed by atoms with Crippen molar-refractivity contribution in [3.8, 4) is 0 Å². The van der Waals surface area contributed by atoms with Gasteiger partial charge in [0, 0.05) is 30.6 Å². The van der Waals surface area contributed by atoms with E-state index in [1.54, 1.807) is 12.1 Å². The van der Waals surface area contributed by atoms with Crippen LogP contribution >= 0.6 is 0 Å². The molecule has 1 aromatic heterocycles. The normalized spacial score (nSPS) is 14.4. The average molecular weight is 421 g/mol. The Labute approximate surface area is 173 Å². The summed E-state index contributed by atoms with van der Waals surface area (Å²) in [6, 6.07) is 6.91. The Morgan fingerprint density at radius 2 is 1.80 bits per heavy atom. The Kier molecular flexibility index (Phi) is 5.99. The van der Waals surface area contributed by atoms with E-state index in [9.17, 15) is 18.0 Å². The topological polar surface area (TPSA) is 71.5 Å². The van der Waals surface area contributed by atoms with Crippen molar-refractivity contribution in [2.75, 3.05) is 19.0 Å². The number of carbonyl (C=O) groups excluding carboxylic acids is 1. The fraction of sp³-hybridized carbons (Fsp3) is 0.409. The second kappa shape index (κ2) is 8.18. The monoisotopic (exact) mass is 421 g/mol. The van der Waals surface area contributed by atoms with Crippen LogP contribution in [0.5, 0.6) is 0 Å². The third kappa shape index (κ3) is 4.53. The van der Waals surface area contributed by atoms with Gasteiger partial charge in [0.1, 0.15) is 17.2 Å². The largest absolute Gasteiger partial charge is 0.456 e. The van der Waals surface area contributed by atoms with Gasteiger partial charge in [-0.05, 0) is 42.2 Å². The number of fused-ring (bicyclic) bond motifs is 3. The molecular weight excluding hydrogens is 395 g/mol. The molecule has 0 fully saturated rings. The van der Waals surface area contributed by atoms with E-state index in [1.165, 1.54) is 12.1 Å². The number of rotatable bonds is 7. The van der Waals surface area contributed by atoms with E-state index in [4.69, 9.17) is 10.2 Å². The van der Waals surface area contributed by atoms with Crippen molar-refractivity contribution in [2.24, 2.45) is 11.7 Å². The number of amides is 1. The van der Waals surface area contributed by atoms with Gasteiger partial charge in [0.2, 0.25) is 5.91 Å². The fourth-order valence-corrected chi connectivity index (χ4v) is 3.56. The van der Waals surface area contributed by atoms with Crippen LogP contribution in [0.2, 0.25) is 0 Å². The zero-order chi connectivity index (χ0) is 22.2. The average Bonchev–Trinajstić information content (AvgIpc) is 3.00. The lowest BCUT2D eigenvalue weighted by Crippen LogP contribution is -2.47. The minimum atomic E-state index is -4.61. The quantitative estimate of drug-likeness (QED) is 0.578. The first-order valence-corrected chi connectivity index (χ1v) is 9.73. The summed E-state index contributed by atoms with van der Waals surface area (Å²) < 4.78 is 47.4. The van der Waals surface area contributed by atoms with E-state index in [2.05, 4.69) is 5.32 Å².